The smallest absolute Gasteiger partial charge is 0.163 e. The summed E-state index contributed by atoms with van der Waals surface area (Å²) in [7, 11) is 0. The van der Waals surface area contributed by atoms with E-state index in [1.54, 1.807) is 6.07 Å². The summed E-state index contributed by atoms with van der Waals surface area (Å²) >= 11 is 0. The van der Waals surface area contributed by atoms with Crippen molar-refractivity contribution >= 4 is 16.6 Å². The number of nitrogens with zero attached hydrogens (tertiary/aromatic N) is 1. The molecule has 0 radical (unpaired) electrons. The summed E-state index contributed by atoms with van der Waals surface area (Å²) in [5, 5.41) is 5.86. The Morgan fingerprint density at radius 2 is 2.05 bits per heavy atom. The van der Waals surface area contributed by atoms with E-state index in [-0.39, 0.29) is 12.4 Å². The molecule has 0 aliphatic rings. The molecule has 0 aliphatic carbocycles. The number of hydrogen-bond acceptors (Lipinski definition) is 4. The van der Waals surface area contributed by atoms with Crippen LogP contribution in [-0.2, 0) is 6.61 Å². The Morgan fingerprint density at radius 1 is 1.24 bits per heavy atom. The van der Waals surface area contributed by atoms with Crippen LogP contribution in [0.2, 0.25) is 0 Å². The Labute approximate surface area is 122 Å². The third kappa shape index (κ3) is 2.65. The highest BCUT2D eigenvalue weighted by atomic mass is 16.5. The first kappa shape index (κ1) is 13.4. The van der Waals surface area contributed by atoms with Gasteiger partial charge in [-0.25, -0.2) is 0 Å². The SMILES string of the molecule is CC(=O)c1ccc2ccccc2c1OCc1cc(C)on1. The number of ether oxygens (including phenoxy) is 1. The molecular formula is C17H15NO3. The van der Waals surface area contributed by atoms with E-state index in [4.69, 9.17) is 9.26 Å². The lowest BCUT2D eigenvalue weighted by molar-refractivity contribution is 0.101. The van der Waals surface area contributed by atoms with E-state index in [1.165, 1.54) is 6.92 Å². The summed E-state index contributed by atoms with van der Waals surface area (Å²) in [6.07, 6.45) is 0. The minimum absolute atomic E-state index is 0.0212. The molecule has 0 unspecified atom stereocenters. The van der Waals surface area contributed by atoms with Gasteiger partial charge in [-0.2, -0.15) is 0 Å². The van der Waals surface area contributed by atoms with Crippen LogP contribution in [0.1, 0.15) is 28.7 Å². The van der Waals surface area contributed by atoms with Crippen molar-refractivity contribution < 1.29 is 14.1 Å². The monoisotopic (exact) mass is 281 g/mol. The molecule has 0 N–H and O–H groups in total. The molecule has 0 saturated heterocycles. The summed E-state index contributed by atoms with van der Waals surface area (Å²) in [5.41, 5.74) is 1.28. The van der Waals surface area contributed by atoms with Crippen molar-refractivity contribution in [2.45, 2.75) is 20.5 Å². The summed E-state index contributed by atoms with van der Waals surface area (Å²) < 4.78 is 10.9. The van der Waals surface area contributed by atoms with Gasteiger partial charge in [-0.05, 0) is 25.3 Å². The van der Waals surface area contributed by atoms with Gasteiger partial charge >= 0.3 is 0 Å². The molecule has 0 atom stereocenters. The van der Waals surface area contributed by atoms with Crippen LogP contribution in [0.15, 0.2) is 47.0 Å². The van der Waals surface area contributed by atoms with Crippen LogP contribution < -0.4 is 4.74 Å². The minimum atomic E-state index is -0.0212. The Bertz CT molecular complexity index is 805. The summed E-state index contributed by atoms with van der Waals surface area (Å²) in [6.45, 7) is 3.64. The molecule has 3 rings (SSSR count). The van der Waals surface area contributed by atoms with E-state index in [0.717, 1.165) is 16.5 Å². The third-order valence-corrected chi connectivity index (χ3v) is 3.30. The second-order valence-electron chi connectivity index (χ2n) is 4.94. The Morgan fingerprint density at radius 3 is 2.76 bits per heavy atom. The number of benzene rings is 2. The van der Waals surface area contributed by atoms with Crippen LogP contribution in [0.4, 0.5) is 0 Å². The predicted molar refractivity (Wildman–Crippen MR) is 79.5 cm³/mol. The zero-order valence-electron chi connectivity index (χ0n) is 11.9. The number of carbonyl (C=O) groups excluding carboxylic acids is 1. The number of carbonyl (C=O) groups is 1. The predicted octanol–water partition coefficient (Wildman–Crippen LogP) is 3.92. The van der Waals surface area contributed by atoms with E-state index in [9.17, 15) is 4.79 Å². The Kier molecular flexibility index (Phi) is 3.44. The van der Waals surface area contributed by atoms with Crippen LogP contribution in [-0.4, -0.2) is 10.9 Å². The van der Waals surface area contributed by atoms with Gasteiger partial charge < -0.3 is 9.26 Å². The molecule has 106 valence electrons. The molecule has 1 aromatic heterocycles. The van der Waals surface area contributed by atoms with Crippen molar-refractivity contribution in [1.82, 2.24) is 5.16 Å². The number of aromatic nitrogens is 1. The van der Waals surface area contributed by atoms with Gasteiger partial charge in [-0.1, -0.05) is 35.5 Å². The number of rotatable bonds is 4. The number of fused-ring (bicyclic) bond motifs is 1. The molecule has 0 saturated carbocycles. The van der Waals surface area contributed by atoms with Gasteiger partial charge in [0.1, 0.15) is 23.8 Å². The summed E-state index contributed by atoms with van der Waals surface area (Å²) in [6, 6.07) is 13.4. The van der Waals surface area contributed by atoms with E-state index in [1.807, 2.05) is 43.3 Å². The highest BCUT2D eigenvalue weighted by Crippen LogP contribution is 2.31. The molecule has 21 heavy (non-hydrogen) atoms. The highest BCUT2D eigenvalue weighted by molar-refractivity contribution is 6.03. The van der Waals surface area contributed by atoms with Crippen molar-refractivity contribution in [2.75, 3.05) is 0 Å². The topological polar surface area (TPSA) is 52.3 Å². The van der Waals surface area contributed by atoms with Gasteiger partial charge in [0.2, 0.25) is 0 Å². The third-order valence-electron chi connectivity index (χ3n) is 3.30. The molecule has 0 aliphatic heterocycles. The fourth-order valence-electron chi connectivity index (χ4n) is 2.31. The first-order valence-electron chi connectivity index (χ1n) is 6.73. The average molecular weight is 281 g/mol. The maximum Gasteiger partial charge on any atom is 0.163 e. The van der Waals surface area contributed by atoms with Crippen molar-refractivity contribution in [1.29, 1.82) is 0 Å². The van der Waals surface area contributed by atoms with E-state index in [2.05, 4.69) is 5.16 Å². The van der Waals surface area contributed by atoms with E-state index >= 15 is 0 Å². The largest absolute Gasteiger partial charge is 0.486 e. The lowest BCUT2D eigenvalue weighted by Crippen LogP contribution is -2.02. The van der Waals surface area contributed by atoms with E-state index in [0.29, 0.717) is 17.0 Å². The minimum Gasteiger partial charge on any atom is -0.486 e. The maximum absolute atomic E-state index is 11.8. The first-order valence-corrected chi connectivity index (χ1v) is 6.73. The number of Topliss-reactive ketones (excluding diaryl/α,β-unsaturated/α-hetero) is 1. The van der Waals surface area contributed by atoms with Crippen LogP contribution in [0.5, 0.6) is 5.75 Å². The fourth-order valence-corrected chi connectivity index (χ4v) is 2.31. The molecule has 0 fully saturated rings. The van der Waals surface area contributed by atoms with Gasteiger partial charge in [0.15, 0.2) is 5.78 Å². The molecule has 2 aromatic carbocycles. The number of aryl methyl sites for hydroxylation is 1. The van der Waals surface area contributed by atoms with Crippen molar-refractivity contribution in [3.8, 4) is 5.75 Å². The second kappa shape index (κ2) is 5.40. The van der Waals surface area contributed by atoms with Crippen LogP contribution >= 0.6 is 0 Å². The second-order valence-corrected chi connectivity index (χ2v) is 4.94. The van der Waals surface area contributed by atoms with Gasteiger partial charge in [0.05, 0.1) is 5.56 Å². The fraction of sp³-hybridized carbons (Fsp3) is 0.176. The lowest BCUT2D eigenvalue weighted by Gasteiger charge is -2.12. The zero-order chi connectivity index (χ0) is 14.8. The molecule has 0 bridgehead atoms. The van der Waals surface area contributed by atoms with E-state index < -0.39 is 0 Å². The van der Waals surface area contributed by atoms with Crippen LogP contribution in [0, 0.1) is 6.92 Å². The molecule has 3 aromatic rings. The first-order chi connectivity index (χ1) is 10.1. The highest BCUT2D eigenvalue weighted by Gasteiger charge is 2.13. The molecular weight excluding hydrogens is 266 g/mol. The van der Waals surface area contributed by atoms with Gasteiger partial charge in [-0.3, -0.25) is 4.79 Å². The number of hydrogen-bond donors (Lipinski definition) is 0. The Hall–Kier alpha value is -2.62. The molecule has 1 heterocycles. The zero-order valence-corrected chi connectivity index (χ0v) is 11.9. The van der Waals surface area contributed by atoms with Gasteiger partial charge in [0.25, 0.3) is 0 Å². The van der Waals surface area contributed by atoms with Crippen LogP contribution in [0.3, 0.4) is 0 Å². The number of ketones is 1. The Balaban J connectivity index is 2.01. The van der Waals surface area contributed by atoms with Gasteiger partial charge in [-0.15, -0.1) is 0 Å². The van der Waals surface area contributed by atoms with Crippen LogP contribution in [0.25, 0.3) is 10.8 Å². The summed E-state index contributed by atoms with van der Waals surface area (Å²) in [4.78, 5) is 11.8. The standard InChI is InChI=1S/C17H15NO3/c1-11-9-14(18-21-11)10-20-17-15(12(2)19)8-7-13-5-3-4-6-16(13)17/h3-9H,10H2,1-2H3. The molecule has 4 nitrogen and oxygen atoms in total. The maximum atomic E-state index is 11.8. The van der Waals surface area contributed by atoms with Crippen molar-refractivity contribution in [3.05, 3.63) is 59.5 Å². The van der Waals surface area contributed by atoms with Gasteiger partial charge in [0, 0.05) is 11.5 Å². The molecule has 0 spiro atoms. The molecule has 0 amide bonds. The average Bonchev–Trinajstić information content (AvgIpc) is 2.90. The van der Waals surface area contributed by atoms with Crippen molar-refractivity contribution in [2.24, 2.45) is 0 Å². The lowest BCUT2D eigenvalue weighted by atomic mass is 10.0. The van der Waals surface area contributed by atoms with Crippen molar-refractivity contribution in [3.63, 3.8) is 0 Å². The quantitative estimate of drug-likeness (QED) is 0.680. The summed E-state index contributed by atoms with van der Waals surface area (Å²) in [5.74, 6) is 1.31. The normalized spacial score (nSPS) is 10.8. The molecule has 4 heteroatoms.